The van der Waals surface area contributed by atoms with E-state index in [9.17, 15) is 23.3 Å². The maximum absolute atomic E-state index is 13.3. The summed E-state index contributed by atoms with van der Waals surface area (Å²) in [6.45, 7) is 3.99. The average molecular weight is 415 g/mol. The van der Waals surface area contributed by atoms with E-state index < -0.39 is 26.8 Å². The number of carbonyl (C=O) groups excluding carboxylic acids is 1. The van der Waals surface area contributed by atoms with Crippen molar-refractivity contribution in [2.45, 2.75) is 32.5 Å². The monoisotopic (exact) mass is 415 g/mol. The molecule has 2 aromatic rings. The SMILES string of the molecule is Cc1cc(C)cc(N2C(=O)N(Cc3cccc([N+](=O)[O-])c3)[C@@H]3CS(=O)(=O)C[C@@H]32)c1. The van der Waals surface area contributed by atoms with Crippen LogP contribution in [0, 0.1) is 24.0 Å². The first kappa shape index (κ1) is 19.4. The van der Waals surface area contributed by atoms with Crippen LogP contribution in [0.15, 0.2) is 42.5 Å². The number of sulfone groups is 1. The van der Waals surface area contributed by atoms with Crippen molar-refractivity contribution >= 4 is 27.2 Å². The van der Waals surface area contributed by atoms with Crippen LogP contribution in [-0.2, 0) is 16.4 Å². The van der Waals surface area contributed by atoms with Gasteiger partial charge in [-0.1, -0.05) is 18.2 Å². The van der Waals surface area contributed by atoms with Crippen LogP contribution in [0.5, 0.6) is 0 Å². The summed E-state index contributed by atoms with van der Waals surface area (Å²) in [5.74, 6) is -0.179. The van der Waals surface area contributed by atoms with Crippen LogP contribution in [0.2, 0.25) is 0 Å². The zero-order valence-corrected chi connectivity index (χ0v) is 16.9. The Bertz CT molecular complexity index is 1090. The van der Waals surface area contributed by atoms with Gasteiger partial charge in [-0.15, -0.1) is 0 Å². The minimum atomic E-state index is -3.28. The van der Waals surface area contributed by atoms with E-state index in [4.69, 9.17) is 0 Å². The Hall–Kier alpha value is -2.94. The third-order valence-electron chi connectivity index (χ3n) is 5.44. The fraction of sp³-hybridized carbons (Fsp3) is 0.350. The first-order valence-electron chi connectivity index (χ1n) is 9.26. The summed E-state index contributed by atoms with van der Waals surface area (Å²) in [4.78, 5) is 27.0. The summed E-state index contributed by atoms with van der Waals surface area (Å²) in [5, 5.41) is 11.1. The second kappa shape index (κ2) is 6.84. The van der Waals surface area contributed by atoms with E-state index >= 15 is 0 Å². The van der Waals surface area contributed by atoms with Crippen molar-refractivity contribution in [2.75, 3.05) is 16.4 Å². The van der Waals surface area contributed by atoms with Crippen LogP contribution < -0.4 is 4.90 Å². The molecule has 152 valence electrons. The van der Waals surface area contributed by atoms with E-state index in [1.165, 1.54) is 17.0 Å². The van der Waals surface area contributed by atoms with Gasteiger partial charge in [-0.25, -0.2) is 13.2 Å². The molecule has 2 aliphatic heterocycles. The number of nitrogens with zero attached hydrogens (tertiary/aromatic N) is 3. The van der Waals surface area contributed by atoms with Crippen LogP contribution in [0.4, 0.5) is 16.2 Å². The van der Waals surface area contributed by atoms with E-state index in [-0.39, 0.29) is 29.8 Å². The zero-order chi connectivity index (χ0) is 20.9. The average Bonchev–Trinajstić information content (AvgIpc) is 3.05. The second-order valence-corrected chi connectivity index (χ2v) is 9.92. The van der Waals surface area contributed by atoms with Gasteiger partial charge in [-0.2, -0.15) is 0 Å². The number of fused-ring (bicyclic) bond motifs is 1. The normalized spacial score (nSPS) is 22.8. The van der Waals surface area contributed by atoms with Crippen LogP contribution in [0.3, 0.4) is 0 Å². The van der Waals surface area contributed by atoms with Crippen molar-refractivity contribution in [2.24, 2.45) is 0 Å². The van der Waals surface area contributed by atoms with E-state index in [0.717, 1.165) is 11.1 Å². The molecule has 0 unspecified atom stereocenters. The Labute approximate surface area is 168 Å². The van der Waals surface area contributed by atoms with Crippen LogP contribution in [0.1, 0.15) is 16.7 Å². The molecule has 2 atom stereocenters. The topological polar surface area (TPSA) is 101 Å². The third kappa shape index (κ3) is 3.57. The molecule has 0 aromatic heterocycles. The number of benzene rings is 2. The number of nitro benzene ring substituents is 1. The van der Waals surface area contributed by atoms with Gasteiger partial charge in [0.1, 0.15) is 0 Å². The van der Waals surface area contributed by atoms with Crippen molar-refractivity contribution in [3.8, 4) is 0 Å². The number of carbonyl (C=O) groups is 1. The maximum Gasteiger partial charge on any atom is 0.325 e. The van der Waals surface area contributed by atoms with E-state index in [1.807, 2.05) is 32.0 Å². The molecule has 29 heavy (non-hydrogen) atoms. The molecule has 2 fully saturated rings. The molecule has 0 radical (unpaired) electrons. The number of anilines is 1. The van der Waals surface area contributed by atoms with Gasteiger partial charge in [-0.05, 0) is 42.7 Å². The fourth-order valence-corrected chi connectivity index (χ4v) is 6.27. The molecule has 0 bridgehead atoms. The maximum atomic E-state index is 13.3. The number of urea groups is 1. The highest BCUT2D eigenvalue weighted by Gasteiger charge is 2.53. The quantitative estimate of drug-likeness (QED) is 0.434. The number of aryl methyl sites for hydroxylation is 2. The van der Waals surface area contributed by atoms with E-state index in [0.29, 0.717) is 11.3 Å². The molecule has 2 saturated heterocycles. The van der Waals surface area contributed by atoms with E-state index in [1.54, 1.807) is 17.0 Å². The highest BCUT2D eigenvalue weighted by molar-refractivity contribution is 7.91. The molecule has 2 aromatic carbocycles. The first-order chi connectivity index (χ1) is 13.6. The molecule has 2 amide bonds. The van der Waals surface area contributed by atoms with Gasteiger partial charge >= 0.3 is 6.03 Å². The number of non-ortho nitro benzene ring substituents is 1. The van der Waals surface area contributed by atoms with Gasteiger partial charge in [0, 0.05) is 24.4 Å². The number of rotatable bonds is 4. The lowest BCUT2D eigenvalue weighted by molar-refractivity contribution is -0.384. The Morgan fingerprint density at radius 2 is 1.72 bits per heavy atom. The lowest BCUT2D eigenvalue weighted by Gasteiger charge is -2.23. The smallest absolute Gasteiger partial charge is 0.314 e. The summed E-state index contributed by atoms with van der Waals surface area (Å²) in [5.41, 5.74) is 3.19. The van der Waals surface area contributed by atoms with E-state index in [2.05, 4.69) is 0 Å². The summed E-state index contributed by atoms with van der Waals surface area (Å²) in [6.07, 6.45) is 0. The number of amides is 2. The van der Waals surface area contributed by atoms with Crippen LogP contribution in [0.25, 0.3) is 0 Å². The molecular weight excluding hydrogens is 394 g/mol. The largest absolute Gasteiger partial charge is 0.325 e. The van der Waals surface area contributed by atoms with Gasteiger partial charge in [0.2, 0.25) is 0 Å². The Morgan fingerprint density at radius 3 is 2.38 bits per heavy atom. The van der Waals surface area contributed by atoms with Crippen LogP contribution in [-0.4, -0.2) is 47.9 Å². The first-order valence-corrected chi connectivity index (χ1v) is 11.1. The summed E-state index contributed by atoms with van der Waals surface area (Å²) in [7, 11) is -3.28. The molecule has 2 aliphatic rings. The highest BCUT2D eigenvalue weighted by Crippen LogP contribution is 2.36. The second-order valence-electron chi connectivity index (χ2n) is 7.76. The number of nitro groups is 1. The predicted octanol–water partition coefficient (Wildman–Crippen LogP) is 2.82. The highest BCUT2D eigenvalue weighted by atomic mass is 32.2. The predicted molar refractivity (Wildman–Crippen MR) is 109 cm³/mol. The third-order valence-corrected chi connectivity index (χ3v) is 7.14. The number of hydrogen-bond donors (Lipinski definition) is 0. The van der Waals surface area contributed by atoms with Gasteiger partial charge in [0.15, 0.2) is 9.84 Å². The number of hydrogen-bond acceptors (Lipinski definition) is 5. The minimum absolute atomic E-state index is 0.0593. The van der Waals surface area contributed by atoms with Gasteiger partial charge in [0.25, 0.3) is 5.69 Å². The van der Waals surface area contributed by atoms with Crippen molar-refractivity contribution in [3.05, 3.63) is 69.3 Å². The van der Waals surface area contributed by atoms with Crippen molar-refractivity contribution in [3.63, 3.8) is 0 Å². The van der Waals surface area contributed by atoms with Gasteiger partial charge in [0.05, 0.1) is 28.5 Å². The Balaban J connectivity index is 1.72. The molecule has 0 saturated carbocycles. The van der Waals surface area contributed by atoms with Crippen molar-refractivity contribution in [1.82, 2.24) is 4.90 Å². The Morgan fingerprint density at radius 1 is 1.07 bits per heavy atom. The van der Waals surface area contributed by atoms with Crippen molar-refractivity contribution in [1.29, 1.82) is 0 Å². The Kier molecular flexibility index (Phi) is 4.57. The van der Waals surface area contributed by atoms with Gasteiger partial charge in [-0.3, -0.25) is 15.0 Å². The summed E-state index contributed by atoms with van der Waals surface area (Å²) >= 11 is 0. The van der Waals surface area contributed by atoms with Crippen molar-refractivity contribution < 1.29 is 18.1 Å². The summed E-state index contributed by atoms with van der Waals surface area (Å²) in [6, 6.07) is 10.6. The molecule has 2 heterocycles. The molecule has 4 rings (SSSR count). The zero-order valence-electron chi connectivity index (χ0n) is 16.1. The molecular formula is C20H21N3O5S. The van der Waals surface area contributed by atoms with Gasteiger partial charge < -0.3 is 4.90 Å². The molecule has 0 spiro atoms. The lowest BCUT2D eigenvalue weighted by Crippen LogP contribution is -2.37. The minimum Gasteiger partial charge on any atom is -0.314 e. The molecule has 0 N–H and O–H groups in total. The summed E-state index contributed by atoms with van der Waals surface area (Å²) < 4.78 is 24.7. The molecule has 0 aliphatic carbocycles. The van der Waals surface area contributed by atoms with Crippen LogP contribution >= 0.6 is 0 Å². The molecule has 9 heteroatoms. The standard InChI is InChI=1S/C20H21N3O5S/c1-13-6-14(2)8-17(7-13)22-19-12-29(27,28)11-18(19)21(20(22)24)10-15-4-3-5-16(9-15)23(25)26/h3-9,18-19H,10-12H2,1-2H3/t18-,19+/m1/s1. The lowest BCUT2D eigenvalue weighted by atomic mass is 10.1. The molecule has 8 nitrogen and oxygen atoms in total. The fourth-order valence-electron chi connectivity index (χ4n) is 4.32.